The minimum atomic E-state index is 0.733. The van der Waals surface area contributed by atoms with Crippen molar-refractivity contribution >= 4 is 11.6 Å². The first-order valence-corrected chi connectivity index (χ1v) is 5.26. The standard InChI is InChI=1S/C12H11ClN2/c1-2-11-7-8-12(15-14-11)9-3-5-10(13)6-4-9/h3-8H,2H2,1H3. The fraction of sp³-hybridized carbons (Fsp3) is 0.167. The predicted octanol–water partition coefficient (Wildman–Crippen LogP) is 3.36. The molecule has 76 valence electrons. The molecule has 0 bridgehead atoms. The highest BCUT2D eigenvalue weighted by Crippen LogP contribution is 2.18. The fourth-order valence-electron chi connectivity index (χ4n) is 1.32. The number of hydrogen-bond acceptors (Lipinski definition) is 2. The molecule has 0 radical (unpaired) electrons. The van der Waals surface area contributed by atoms with Gasteiger partial charge in [0.05, 0.1) is 11.4 Å². The number of halogens is 1. The maximum atomic E-state index is 5.81. The van der Waals surface area contributed by atoms with E-state index in [1.54, 1.807) is 0 Å². The molecule has 0 saturated carbocycles. The molecule has 1 aromatic heterocycles. The van der Waals surface area contributed by atoms with E-state index in [0.29, 0.717) is 0 Å². The minimum Gasteiger partial charge on any atom is -0.155 e. The summed E-state index contributed by atoms with van der Waals surface area (Å²) in [5, 5.41) is 9.00. The fourth-order valence-corrected chi connectivity index (χ4v) is 1.45. The van der Waals surface area contributed by atoms with Crippen molar-refractivity contribution in [3.8, 4) is 11.3 Å². The normalized spacial score (nSPS) is 10.3. The zero-order valence-corrected chi connectivity index (χ0v) is 9.20. The molecular formula is C12H11ClN2. The Morgan fingerprint density at radius 1 is 1.00 bits per heavy atom. The summed E-state index contributed by atoms with van der Waals surface area (Å²) in [6.45, 7) is 2.06. The Balaban J connectivity index is 2.33. The maximum Gasteiger partial charge on any atom is 0.0929 e. The molecule has 0 aliphatic heterocycles. The Morgan fingerprint density at radius 2 is 1.73 bits per heavy atom. The monoisotopic (exact) mass is 218 g/mol. The zero-order chi connectivity index (χ0) is 10.7. The van der Waals surface area contributed by atoms with Gasteiger partial charge in [-0.2, -0.15) is 10.2 Å². The van der Waals surface area contributed by atoms with Crippen molar-refractivity contribution in [3.05, 3.63) is 47.1 Å². The number of rotatable bonds is 2. The molecule has 2 nitrogen and oxygen atoms in total. The molecular weight excluding hydrogens is 208 g/mol. The van der Waals surface area contributed by atoms with Crippen molar-refractivity contribution in [2.24, 2.45) is 0 Å². The number of benzene rings is 1. The van der Waals surface area contributed by atoms with Gasteiger partial charge in [-0.15, -0.1) is 0 Å². The number of nitrogens with zero attached hydrogens (tertiary/aromatic N) is 2. The van der Waals surface area contributed by atoms with E-state index < -0.39 is 0 Å². The van der Waals surface area contributed by atoms with Crippen LogP contribution in [0, 0.1) is 0 Å². The molecule has 0 spiro atoms. The van der Waals surface area contributed by atoms with Crippen molar-refractivity contribution in [2.75, 3.05) is 0 Å². The molecule has 2 rings (SSSR count). The van der Waals surface area contributed by atoms with Crippen LogP contribution in [0.5, 0.6) is 0 Å². The van der Waals surface area contributed by atoms with Crippen LogP contribution in [0.4, 0.5) is 0 Å². The Kier molecular flexibility index (Phi) is 2.97. The highest BCUT2D eigenvalue weighted by Gasteiger charge is 1.99. The van der Waals surface area contributed by atoms with Crippen molar-refractivity contribution in [3.63, 3.8) is 0 Å². The van der Waals surface area contributed by atoms with E-state index in [-0.39, 0.29) is 0 Å². The summed E-state index contributed by atoms with van der Waals surface area (Å²) in [5.74, 6) is 0. The molecule has 15 heavy (non-hydrogen) atoms. The molecule has 0 saturated heterocycles. The first-order chi connectivity index (χ1) is 7.29. The first-order valence-electron chi connectivity index (χ1n) is 4.88. The summed E-state index contributed by atoms with van der Waals surface area (Å²) < 4.78 is 0. The van der Waals surface area contributed by atoms with Crippen LogP contribution in [0.3, 0.4) is 0 Å². The molecule has 0 unspecified atom stereocenters. The second-order valence-corrected chi connectivity index (χ2v) is 3.71. The SMILES string of the molecule is CCc1ccc(-c2ccc(Cl)cc2)nn1. The molecule has 0 amide bonds. The summed E-state index contributed by atoms with van der Waals surface area (Å²) in [4.78, 5) is 0. The Morgan fingerprint density at radius 3 is 2.27 bits per heavy atom. The van der Waals surface area contributed by atoms with Crippen LogP contribution < -0.4 is 0 Å². The zero-order valence-electron chi connectivity index (χ0n) is 8.44. The summed E-state index contributed by atoms with van der Waals surface area (Å²) in [6, 6.07) is 11.6. The molecule has 0 aliphatic carbocycles. The van der Waals surface area contributed by atoms with Gasteiger partial charge in [0, 0.05) is 10.6 Å². The molecule has 0 N–H and O–H groups in total. The average Bonchev–Trinajstić information content (AvgIpc) is 2.30. The third-order valence-corrected chi connectivity index (χ3v) is 2.47. The highest BCUT2D eigenvalue weighted by atomic mass is 35.5. The van der Waals surface area contributed by atoms with E-state index in [9.17, 15) is 0 Å². The Labute approximate surface area is 93.9 Å². The number of aryl methyl sites for hydroxylation is 1. The van der Waals surface area contributed by atoms with Gasteiger partial charge >= 0.3 is 0 Å². The van der Waals surface area contributed by atoms with E-state index >= 15 is 0 Å². The van der Waals surface area contributed by atoms with Gasteiger partial charge in [-0.05, 0) is 30.7 Å². The van der Waals surface area contributed by atoms with Gasteiger partial charge in [0.25, 0.3) is 0 Å². The first kappa shape index (κ1) is 10.1. The molecule has 1 heterocycles. The number of hydrogen-bond donors (Lipinski definition) is 0. The maximum absolute atomic E-state index is 5.81. The Hall–Kier alpha value is -1.41. The van der Waals surface area contributed by atoms with Crippen molar-refractivity contribution < 1.29 is 0 Å². The Bertz CT molecular complexity index is 434. The summed E-state index contributed by atoms with van der Waals surface area (Å²) >= 11 is 5.81. The lowest BCUT2D eigenvalue weighted by Crippen LogP contribution is -1.92. The quantitative estimate of drug-likeness (QED) is 0.773. The van der Waals surface area contributed by atoms with E-state index in [2.05, 4.69) is 17.1 Å². The third-order valence-electron chi connectivity index (χ3n) is 2.22. The number of aromatic nitrogens is 2. The van der Waals surface area contributed by atoms with Gasteiger partial charge < -0.3 is 0 Å². The topological polar surface area (TPSA) is 25.8 Å². The van der Waals surface area contributed by atoms with E-state index in [1.165, 1.54) is 0 Å². The molecule has 3 heteroatoms. The van der Waals surface area contributed by atoms with Crippen molar-refractivity contribution in [1.82, 2.24) is 10.2 Å². The lowest BCUT2D eigenvalue weighted by atomic mass is 10.1. The minimum absolute atomic E-state index is 0.733. The molecule has 0 atom stereocenters. The van der Waals surface area contributed by atoms with Gasteiger partial charge in [0.1, 0.15) is 0 Å². The van der Waals surface area contributed by atoms with Crippen LogP contribution >= 0.6 is 11.6 Å². The molecule has 1 aromatic carbocycles. The van der Waals surface area contributed by atoms with Gasteiger partial charge in [0.15, 0.2) is 0 Å². The molecule has 2 aromatic rings. The smallest absolute Gasteiger partial charge is 0.0929 e. The third kappa shape index (κ3) is 2.34. The van der Waals surface area contributed by atoms with Gasteiger partial charge in [0.2, 0.25) is 0 Å². The lowest BCUT2D eigenvalue weighted by Gasteiger charge is -2.00. The van der Waals surface area contributed by atoms with Gasteiger partial charge in [-0.3, -0.25) is 0 Å². The highest BCUT2D eigenvalue weighted by molar-refractivity contribution is 6.30. The largest absolute Gasteiger partial charge is 0.155 e. The molecule has 0 fully saturated rings. The van der Waals surface area contributed by atoms with Crippen LogP contribution in [-0.4, -0.2) is 10.2 Å². The average molecular weight is 219 g/mol. The summed E-state index contributed by atoms with van der Waals surface area (Å²) in [6.07, 6.45) is 0.911. The van der Waals surface area contributed by atoms with Crippen LogP contribution in [0.1, 0.15) is 12.6 Å². The summed E-state index contributed by atoms with van der Waals surface area (Å²) in [7, 11) is 0. The van der Waals surface area contributed by atoms with Gasteiger partial charge in [-0.1, -0.05) is 30.7 Å². The van der Waals surface area contributed by atoms with E-state index in [1.807, 2.05) is 36.4 Å². The van der Waals surface area contributed by atoms with Crippen LogP contribution in [0.15, 0.2) is 36.4 Å². The van der Waals surface area contributed by atoms with Crippen molar-refractivity contribution in [2.45, 2.75) is 13.3 Å². The van der Waals surface area contributed by atoms with Crippen molar-refractivity contribution in [1.29, 1.82) is 0 Å². The lowest BCUT2D eigenvalue weighted by molar-refractivity contribution is 0.924. The van der Waals surface area contributed by atoms with Crippen LogP contribution in [-0.2, 0) is 6.42 Å². The van der Waals surface area contributed by atoms with Crippen LogP contribution in [0.2, 0.25) is 5.02 Å². The van der Waals surface area contributed by atoms with E-state index in [0.717, 1.165) is 28.4 Å². The van der Waals surface area contributed by atoms with Gasteiger partial charge in [-0.25, -0.2) is 0 Å². The van der Waals surface area contributed by atoms with E-state index in [4.69, 9.17) is 11.6 Å². The summed E-state index contributed by atoms with van der Waals surface area (Å²) in [5.41, 5.74) is 2.92. The predicted molar refractivity (Wildman–Crippen MR) is 61.9 cm³/mol. The molecule has 0 aliphatic rings. The second-order valence-electron chi connectivity index (χ2n) is 3.27. The van der Waals surface area contributed by atoms with Crippen LogP contribution in [0.25, 0.3) is 11.3 Å². The second kappa shape index (κ2) is 4.41.